The van der Waals surface area contributed by atoms with Crippen molar-refractivity contribution in [1.29, 1.82) is 0 Å². The fourth-order valence-electron chi connectivity index (χ4n) is 1.29. The van der Waals surface area contributed by atoms with Crippen molar-refractivity contribution in [3.05, 3.63) is 21.7 Å². The molecular weight excluding hydrogens is 222 g/mol. The highest BCUT2D eigenvalue weighted by Crippen LogP contribution is 2.26. The lowest BCUT2D eigenvalue weighted by Crippen LogP contribution is -1.94. The molecule has 0 amide bonds. The molecule has 1 heterocycles. The first kappa shape index (κ1) is 12.9. The maximum absolute atomic E-state index is 11.0. The minimum atomic E-state index is -0.332. The maximum atomic E-state index is 11.0. The zero-order valence-corrected chi connectivity index (χ0v) is 10.9. The van der Waals surface area contributed by atoms with Crippen LogP contribution in [0.1, 0.15) is 42.3 Å². The molecule has 0 atom stereocenters. The Balaban J connectivity index is 2.97. The summed E-state index contributed by atoms with van der Waals surface area (Å²) in [5.41, 5.74) is 1.06. The van der Waals surface area contributed by atoms with E-state index in [1.807, 2.05) is 0 Å². The van der Waals surface area contributed by atoms with Crippen LogP contribution in [-0.2, 0) is 16.0 Å². The number of aryl methyl sites for hydroxylation is 1. The quantitative estimate of drug-likeness (QED) is 0.599. The molecule has 1 aromatic rings. The van der Waals surface area contributed by atoms with Gasteiger partial charge in [0.15, 0.2) is 0 Å². The van der Waals surface area contributed by atoms with E-state index in [2.05, 4.69) is 30.5 Å². The Labute approximate surface area is 100 Å². The Kier molecular flexibility index (Phi) is 4.68. The van der Waals surface area contributed by atoms with Crippen LogP contribution in [0, 0.1) is 0 Å². The Hall–Kier alpha value is -1.16. The van der Waals surface area contributed by atoms with E-state index in [0.29, 0.717) is 5.92 Å². The number of methoxy groups -OCH3 is 1. The number of hydrogen-bond acceptors (Lipinski definition) is 4. The van der Waals surface area contributed by atoms with E-state index < -0.39 is 0 Å². The topological polar surface area (TPSA) is 39.2 Å². The highest BCUT2D eigenvalue weighted by molar-refractivity contribution is 7.12. The van der Waals surface area contributed by atoms with Crippen LogP contribution in [0.15, 0.2) is 6.08 Å². The molecule has 0 radical (unpaired) electrons. The van der Waals surface area contributed by atoms with Crippen molar-refractivity contribution < 1.29 is 9.53 Å². The van der Waals surface area contributed by atoms with Crippen LogP contribution in [0.2, 0.25) is 0 Å². The Morgan fingerprint density at radius 3 is 2.75 bits per heavy atom. The lowest BCUT2D eigenvalue weighted by Gasteiger charge is -2.00. The Morgan fingerprint density at radius 2 is 2.25 bits per heavy atom. The second-order valence-corrected chi connectivity index (χ2v) is 4.84. The van der Waals surface area contributed by atoms with Crippen LogP contribution in [0.25, 0.3) is 6.08 Å². The van der Waals surface area contributed by atoms with Crippen LogP contribution in [-0.4, -0.2) is 18.1 Å². The molecule has 1 rings (SSSR count). The monoisotopic (exact) mass is 239 g/mol. The van der Waals surface area contributed by atoms with Gasteiger partial charge in [0, 0.05) is 6.08 Å². The van der Waals surface area contributed by atoms with Gasteiger partial charge >= 0.3 is 5.97 Å². The molecule has 0 aromatic carbocycles. The summed E-state index contributed by atoms with van der Waals surface area (Å²) in [6.45, 7) is 6.28. The number of rotatable bonds is 4. The van der Waals surface area contributed by atoms with Gasteiger partial charge in [-0.2, -0.15) is 0 Å². The molecule has 0 fully saturated rings. The molecule has 1 aromatic heterocycles. The number of thiazole rings is 1. The van der Waals surface area contributed by atoms with Gasteiger partial charge in [0.2, 0.25) is 0 Å². The summed E-state index contributed by atoms with van der Waals surface area (Å²) in [6, 6.07) is 0. The second-order valence-electron chi connectivity index (χ2n) is 3.72. The summed E-state index contributed by atoms with van der Waals surface area (Å²) in [5.74, 6) is 0.0370. The summed E-state index contributed by atoms with van der Waals surface area (Å²) >= 11 is 1.63. The molecule has 0 aliphatic rings. The molecule has 0 unspecified atom stereocenters. The Bertz CT molecular complexity index is 394. The second kappa shape index (κ2) is 5.80. The van der Waals surface area contributed by atoms with Gasteiger partial charge in [-0.3, -0.25) is 0 Å². The summed E-state index contributed by atoms with van der Waals surface area (Å²) in [7, 11) is 1.38. The zero-order valence-electron chi connectivity index (χ0n) is 10.1. The van der Waals surface area contributed by atoms with Crippen molar-refractivity contribution in [3.63, 3.8) is 0 Å². The lowest BCUT2D eigenvalue weighted by molar-refractivity contribution is -0.134. The molecule has 0 aliphatic carbocycles. The number of ether oxygens (including phenoxy) is 1. The van der Waals surface area contributed by atoms with E-state index >= 15 is 0 Å². The van der Waals surface area contributed by atoms with E-state index in [0.717, 1.165) is 22.0 Å². The Morgan fingerprint density at radius 1 is 1.56 bits per heavy atom. The first-order valence-electron chi connectivity index (χ1n) is 5.34. The zero-order chi connectivity index (χ0) is 12.1. The predicted octanol–water partition coefficient (Wildman–Crippen LogP) is 3.02. The highest BCUT2D eigenvalue weighted by Gasteiger charge is 2.11. The molecule has 0 spiro atoms. The third-order valence-electron chi connectivity index (χ3n) is 2.15. The summed E-state index contributed by atoms with van der Waals surface area (Å²) in [6.07, 6.45) is 4.16. The van der Waals surface area contributed by atoms with Gasteiger partial charge in [0.1, 0.15) is 0 Å². The van der Waals surface area contributed by atoms with Crippen LogP contribution in [0.3, 0.4) is 0 Å². The van der Waals surface area contributed by atoms with Gasteiger partial charge in [0.25, 0.3) is 0 Å². The van der Waals surface area contributed by atoms with E-state index in [-0.39, 0.29) is 5.97 Å². The summed E-state index contributed by atoms with van der Waals surface area (Å²) in [5, 5.41) is 1.10. The van der Waals surface area contributed by atoms with Crippen molar-refractivity contribution in [1.82, 2.24) is 4.98 Å². The molecule has 0 N–H and O–H groups in total. The van der Waals surface area contributed by atoms with Crippen LogP contribution in [0.5, 0.6) is 0 Å². The molecule has 0 saturated carbocycles. The SMILES string of the molecule is CCc1nc(C(C)C)c(C=CC(=O)OC)s1. The average molecular weight is 239 g/mol. The molecule has 4 heteroatoms. The molecule has 0 aliphatic heterocycles. The predicted molar refractivity (Wildman–Crippen MR) is 66.6 cm³/mol. The third kappa shape index (κ3) is 3.17. The van der Waals surface area contributed by atoms with Gasteiger partial charge in [-0.1, -0.05) is 20.8 Å². The molecular formula is C12H17NO2S. The number of esters is 1. The fourth-order valence-corrected chi connectivity index (χ4v) is 2.35. The number of carbonyl (C=O) groups is 1. The summed E-state index contributed by atoms with van der Waals surface area (Å²) < 4.78 is 4.56. The minimum Gasteiger partial charge on any atom is -0.466 e. The van der Waals surface area contributed by atoms with Crippen LogP contribution in [0.4, 0.5) is 0 Å². The smallest absolute Gasteiger partial charge is 0.330 e. The van der Waals surface area contributed by atoms with Crippen LogP contribution >= 0.6 is 11.3 Å². The molecule has 16 heavy (non-hydrogen) atoms. The van der Waals surface area contributed by atoms with Crippen molar-refractivity contribution in [2.75, 3.05) is 7.11 Å². The molecule has 0 bridgehead atoms. The first-order valence-corrected chi connectivity index (χ1v) is 6.15. The van der Waals surface area contributed by atoms with Crippen molar-refractivity contribution in [2.45, 2.75) is 33.1 Å². The first-order chi connectivity index (χ1) is 7.58. The molecule has 3 nitrogen and oxygen atoms in total. The third-order valence-corrected chi connectivity index (χ3v) is 3.33. The van der Waals surface area contributed by atoms with E-state index in [9.17, 15) is 4.79 Å². The normalized spacial score (nSPS) is 11.3. The number of hydrogen-bond donors (Lipinski definition) is 0. The number of aromatic nitrogens is 1. The van der Waals surface area contributed by atoms with E-state index in [4.69, 9.17) is 0 Å². The van der Waals surface area contributed by atoms with Gasteiger partial charge in [-0.05, 0) is 18.4 Å². The summed E-state index contributed by atoms with van der Waals surface area (Å²) in [4.78, 5) is 16.6. The van der Waals surface area contributed by atoms with Gasteiger partial charge < -0.3 is 4.74 Å². The van der Waals surface area contributed by atoms with E-state index in [1.165, 1.54) is 13.2 Å². The highest BCUT2D eigenvalue weighted by atomic mass is 32.1. The average Bonchev–Trinajstić information content (AvgIpc) is 2.69. The van der Waals surface area contributed by atoms with Gasteiger partial charge in [0.05, 0.1) is 22.7 Å². The van der Waals surface area contributed by atoms with Gasteiger partial charge in [-0.25, -0.2) is 9.78 Å². The standard InChI is InChI=1S/C12H17NO2S/c1-5-10-13-12(8(2)3)9(16-10)6-7-11(14)15-4/h6-8H,5H2,1-4H3. The lowest BCUT2D eigenvalue weighted by atomic mass is 10.1. The molecule has 88 valence electrons. The largest absolute Gasteiger partial charge is 0.466 e. The maximum Gasteiger partial charge on any atom is 0.330 e. The van der Waals surface area contributed by atoms with Gasteiger partial charge in [-0.15, -0.1) is 11.3 Å². The van der Waals surface area contributed by atoms with Crippen molar-refractivity contribution in [3.8, 4) is 0 Å². The van der Waals surface area contributed by atoms with E-state index in [1.54, 1.807) is 17.4 Å². The fraction of sp³-hybridized carbons (Fsp3) is 0.500. The number of carbonyl (C=O) groups excluding carboxylic acids is 1. The molecule has 0 saturated heterocycles. The minimum absolute atomic E-state index is 0.332. The number of nitrogens with zero attached hydrogens (tertiary/aromatic N) is 1. The van der Waals surface area contributed by atoms with Crippen molar-refractivity contribution in [2.24, 2.45) is 0 Å². The van der Waals surface area contributed by atoms with Crippen molar-refractivity contribution >= 4 is 23.4 Å². The van der Waals surface area contributed by atoms with Crippen LogP contribution < -0.4 is 0 Å².